The van der Waals surface area contributed by atoms with Gasteiger partial charge in [-0.05, 0) is 23.5 Å². The lowest BCUT2D eigenvalue weighted by Crippen LogP contribution is -2.34. The van der Waals surface area contributed by atoms with E-state index in [4.69, 9.17) is 20.1 Å². The van der Waals surface area contributed by atoms with Gasteiger partial charge in [-0.15, -0.1) is 0 Å². The number of nitrogens with one attached hydrogen (secondary N) is 2. The number of pyridine rings is 1. The molecule has 0 aliphatic heterocycles. The summed E-state index contributed by atoms with van der Waals surface area (Å²) in [5, 5.41) is 33.3. The highest BCUT2D eigenvalue weighted by Gasteiger charge is 2.31. The zero-order valence-corrected chi connectivity index (χ0v) is 18.5. The van der Waals surface area contributed by atoms with Gasteiger partial charge in [-0.1, -0.05) is 16.4 Å². The number of methoxy groups -OCH3 is 1. The van der Waals surface area contributed by atoms with Crippen molar-refractivity contribution in [2.75, 3.05) is 23.9 Å². The number of anilines is 2. The summed E-state index contributed by atoms with van der Waals surface area (Å²) in [5.41, 5.74) is 4.79. The summed E-state index contributed by atoms with van der Waals surface area (Å²) in [4.78, 5) is 39.9. The predicted octanol–water partition coefficient (Wildman–Crippen LogP) is 0.618. The van der Waals surface area contributed by atoms with Crippen molar-refractivity contribution in [1.82, 2.24) is 10.3 Å². The number of rotatable bonds is 7. The van der Waals surface area contributed by atoms with Crippen LogP contribution in [0.25, 0.3) is 11.3 Å². The highest BCUT2D eigenvalue weighted by atomic mass is 32.2. The predicted molar refractivity (Wildman–Crippen MR) is 117 cm³/mol. The number of ether oxygens (including phenoxy) is 1. The van der Waals surface area contributed by atoms with E-state index >= 15 is 0 Å². The minimum absolute atomic E-state index is 0.0185. The van der Waals surface area contributed by atoms with Crippen molar-refractivity contribution in [3.05, 3.63) is 45.3 Å². The van der Waals surface area contributed by atoms with Gasteiger partial charge in [0.05, 0.1) is 29.7 Å². The summed E-state index contributed by atoms with van der Waals surface area (Å²) in [6, 6.07) is 7.70. The number of aryl methyl sites for hydroxylation is 1. The van der Waals surface area contributed by atoms with Crippen LogP contribution in [0.3, 0.4) is 0 Å². The number of aromatic carboxylic acids is 1. The van der Waals surface area contributed by atoms with E-state index in [-0.39, 0.29) is 56.0 Å². The number of amides is 1. The van der Waals surface area contributed by atoms with Crippen LogP contribution in [0.15, 0.2) is 32.5 Å². The Morgan fingerprint density at radius 3 is 2.62 bits per heavy atom. The Bertz CT molecular complexity index is 1450. The van der Waals surface area contributed by atoms with E-state index in [0.717, 1.165) is 11.8 Å². The molecule has 3 aromatic rings. The van der Waals surface area contributed by atoms with Gasteiger partial charge in [0.2, 0.25) is 5.91 Å². The Balaban J connectivity index is 1.92. The van der Waals surface area contributed by atoms with Crippen LogP contribution < -0.4 is 26.1 Å². The van der Waals surface area contributed by atoms with E-state index in [0.29, 0.717) is 0 Å². The molecule has 0 aliphatic carbocycles. The van der Waals surface area contributed by atoms with E-state index in [1.165, 1.54) is 37.0 Å². The highest BCUT2D eigenvalue weighted by Crippen LogP contribution is 2.33. The van der Waals surface area contributed by atoms with Crippen molar-refractivity contribution < 1.29 is 28.6 Å². The number of nitrogens with two attached hydrogens (primary N) is 1. The van der Waals surface area contributed by atoms with Crippen LogP contribution >= 0.6 is 11.8 Å². The number of carbonyl (C=O) groups is 2. The molecule has 2 aromatic heterocycles. The molecule has 0 aliphatic rings. The van der Waals surface area contributed by atoms with Gasteiger partial charge in [0, 0.05) is 0 Å². The van der Waals surface area contributed by atoms with Crippen LogP contribution in [-0.4, -0.2) is 40.1 Å². The molecule has 0 atom stereocenters. The first-order valence-corrected chi connectivity index (χ1v) is 10.3. The van der Waals surface area contributed by atoms with Crippen molar-refractivity contribution in [3.63, 3.8) is 0 Å². The largest absolute Gasteiger partial charge is 0.495 e. The Hall–Kier alpha value is -4.82. The summed E-state index contributed by atoms with van der Waals surface area (Å²) < 4.78 is 11.0. The average molecular weight is 482 g/mol. The summed E-state index contributed by atoms with van der Waals surface area (Å²) in [6.45, 7) is 0. The van der Waals surface area contributed by atoms with Crippen LogP contribution in [0.5, 0.6) is 5.75 Å². The van der Waals surface area contributed by atoms with Gasteiger partial charge in [0.25, 0.3) is 0 Å². The molecule has 2 heterocycles. The zero-order valence-electron chi connectivity index (χ0n) is 17.7. The molecule has 1 amide bonds. The van der Waals surface area contributed by atoms with Gasteiger partial charge in [-0.25, -0.2) is 14.6 Å². The van der Waals surface area contributed by atoms with Crippen molar-refractivity contribution >= 4 is 35.1 Å². The fourth-order valence-corrected chi connectivity index (χ4v) is 3.79. The number of nitrogen functional groups attached to an aromatic ring is 1. The van der Waals surface area contributed by atoms with E-state index in [2.05, 4.69) is 15.6 Å². The van der Waals surface area contributed by atoms with Crippen LogP contribution in [0.4, 0.5) is 11.5 Å². The number of carboxylic acid groups (broad SMARTS) is 1. The molecular formula is C20H16N7O6S+. The second kappa shape index (κ2) is 9.76. The smallest absolute Gasteiger partial charge is 0.435 e. The molecule has 34 heavy (non-hydrogen) atoms. The number of aromatic amines is 1. The number of carbonyl (C=O) groups excluding carboxylic acids is 1. The SMILES string of the molecule is COc1cc(C(=O)O)ccc1NC(=O)CSc1nc(N)c(C#N)c(-c2c(=O)o[nH][n+]2C)c1C#N. The molecule has 0 unspecified atom stereocenters. The topological polar surface area (TPSA) is 212 Å². The maximum absolute atomic E-state index is 12.5. The lowest BCUT2D eigenvalue weighted by Gasteiger charge is -2.12. The zero-order chi connectivity index (χ0) is 25.0. The average Bonchev–Trinajstić information content (AvgIpc) is 3.14. The Labute approximate surface area is 195 Å². The Morgan fingerprint density at radius 2 is 2.06 bits per heavy atom. The third kappa shape index (κ3) is 4.52. The first-order chi connectivity index (χ1) is 16.2. The van der Waals surface area contributed by atoms with E-state index in [1.807, 2.05) is 12.1 Å². The highest BCUT2D eigenvalue weighted by molar-refractivity contribution is 8.00. The first kappa shape index (κ1) is 23.8. The van der Waals surface area contributed by atoms with Crippen LogP contribution in [0, 0.1) is 22.7 Å². The normalized spacial score (nSPS) is 10.2. The molecule has 14 heteroatoms. The molecule has 172 valence electrons. The maximum Gasteiger partial charge on any atom is 0.435 e. The van der Waals surface area contributed by atoms with Gasteiger partial charge < -0.3 is 20.9 Å². The summed E-state index contributed by atoms with van der Waals surface area (Å²) >= 11 is 0.855. The standard InChI is InChI=1S/C20H15N7O6S/c1-27-16(20(31)33-26-27)15-10(6-21)17(23)25-18(11(15)7-22)34-8-14(28)24-12-4-3-9(19(29)30)5-13(12)32-2/h3-5H,8H2,1-2H3,(H4-,23,24,25,26,28,29,30,31)/p+1. The fraction of sp³-hybridized carbons (Fsp3) is 0.150. The van der Waals surface area contributed by atoms with E-state index in [9.17, 15) is 24.9 Å². The van der Waals surface area contributed by atoms with Gasteiger partial charge in [0.1, 0.15) is 39.9 Å². The minimum Gasteiger partial charge on any atom is -0.495 e. The van der Waals surface area contributed by atoms with Crippen molar-refractivity contribution in [3.8, 4) is 29.1 Å². The molecule has 1 aromatic carbocycles. The molecule has 0 fully saturated rings. The monoisotopic (exact) mass is 482 g/mol. The lowest BCUT2D eigenvalue weighted by atomic mass is 10.0. The third-order valence-corrected chi connectivity index (χ3v) is 5.49. The molecule has 0 saturated carbocycles. The minimum atomic E-state index is -1.15. The number of nitrogens with zero attached hydrogens (tertiary/aromatic N) is 4. The van der Waals surface area contributed by atoms with Crippen molar-refractivity contribution in [2.24, 2.45) is 7.05 Å². The van der Waals surface area contributed by atoms with Crippen LogP contribution in [0.2, 0.25) is 0 Å². The van der Waals surface area contributed by atoms with Gasteiger partial charge in [-0.2, -0.15) is 10.5 Å². The molecule has 3 rings (SSSR count). The molecule has 0 spiro atoms. The van der Waals surface area contributed by atoms with Crippen molar-refractivity contribution in [1.29, 1.82) is 10.5 Å². The van der Waals surface area contributed by atoms with Gasteiger partial charge in [0.15, 0.2) is 7.05 Å². The molecule has 5 N–H and O–H groups in total. The first-order valence-electron chi connectivity index (χ1n) is 9.27. The molecular weight excluding hydrogens is 466 g/mol. The molecule has 13 nitrogen and oxygen atoms in total. The Morgan fingerprint density at radius 1 is 1.35 bits per heavy atom. The summed E-state index contributed by atoms with van der Waals surface area (Å²) in [5.74, 6) is -1.99. The Kier molecular flexibility index (Phi) is 6.84. The summed E-state index contributed by atoms with van der Waals surface area (Å²) in [7, 11) is 2.77. The van der Waals surface area contributed by atoms with Gasteiger partial charge >= 0.3 is 17.3 Å². The number of H-pyrrole nitrogens is 1. The number of nitriles is 2. The molecule has 0 bridgehead atoms. The number of thioether (sulfide) groups is 1. The van der Waals surface area contributed by atoms with E-state index in [1.54, 1.807) is 0 Å². The number of aromatic nitrogens is 3. The number of benzene rings is 1. The maximum atomic E-state index is 12.5. The second-order valence-corrected chi connectivity index (χ2v) is 7.56. The van der Waals surface area contributed by atoms with Crippen LogP contribution in [-0.2, 0) is 11.8 Å². The lowest BCUT2D eigenvalue weighted by molar-refractivity contribution is -0.730. The number of hydrogen-bond donors (Lipinski definition) is 4. The number of hydrogen-bond acceptors (Lipinski definition) is 10. The number of carboxylic acids is 1. The fourth-order valence-electron chi connectivity index (χ4n) is 3.00. The molecule has 0 radical (unpaired) electrons. The van der Waals surface area contributed by atoms with Gasteiger partial charge in [-0.3, -0.25) is 9.32 Å². The van der Waals surface area contributed by atoms with E-state index < -0.39 is 17.5 Å². The second-order valence-electron chi connectivity index (χ2n) is 6.60. The third-order valence-electron chi connectivity index (χ3n) is 4.52. The van der Waals surface area contributed by atoms with Crippen LogP contribution in [0.1, 0.15) is 21.5 Å². The molecule has 0 saturated heterocycles. The quantitative estimate of drug-likeness (QED) is 0.270. The summed E-state index contributed by atoms with van der Waals surface area (Å²) in [6.07, 6.45) is 0. The van der Waals surface area contributed by atoms with Crippen molar-refractivity contribution in [2.45, 2.75) is 5.03 Å².